The van der Waals surface area contributed by atoms with Gasteiger partial charge in [-0.05, 0) is 56.4 Å². The van der Waals surface area contributed by atoms with Crippen LogP contribution in [0.2, 0.25) is 0 Å². The molecule has 19 heavy (non-hydrogen) atoms. The van der Waals surface area contributed by atoms with Crippen molar-refractivity contribution in [2.75, 3.05) is 38.1 Å². The predicted molar refractivity (Wildman–Crippen MR) is 79.0 cm³/mol. The molecule has 2 aliphatic heterocycles. The fourth-order valence-corrected chi connectivity index (χ4v) is 3.04. The van der Waals surface area contributed by atoms with Gasteiger partial charge in [0.1, 0.15) is 5.75 Å². The zero-order chi connectivity index (χ0) is 13.1. The highest BCUT2D eigenvalue weighted by molar-refractivity contribution is 5.58. The van der Waals surface area contributed by atoms with Gasteiger partial charge < -0.3 is 15.0 Å². The number of fused-ring (bicyclic) bond motifs is 1. The Labute approximate surface area is 115 Å². The third kappa shape index (κ3) is 3.03. The number of hydrogen-bond acceptors (Lipinski definition) is 3. The lowest BCUT2D eigenvalue weighted by Gasteiger charge is -2.30. The summed E-state index contributed by atoms with van der Waals surface area (Å²) in [5.74, 6) is 1.75. The van der Waals surface area contributed by atoms with Crippen molar-refractivity contribution in [3.63, 3.8) is 0 Å². The summed E-state index contributed by atoms with van der Waals surface area (Å²) in [5, 5.41) is 3.41. The summed E-state index contributed by atoms with van der Waals surface area (Å²) in [5.41, 5.74) is 2.68. The van der Waals surface area contributed by atoms with Gasteiger partial charge in [0, 0.05) is 18.3 Å². The summed E-state index contributed by atoms with van der Waals surface area (Å²) in [7, 11) is 0. The van der Waals surface area contributed by atoms with E-state index in [1.165, 1.54) is 43.7 Å². The molecule has 0 amide bonds. The number of anilines is 1. The molecule has 0 aliphatic carbocycles. The van der Waals surface area contributed by atoms with Crippen LogP contribution in [-0.4, -0.2) is 37.7 Å². The SMILES string of the molecule is CCN1CCC(COc2ccc3c(c2)NCC3)CC1. The zero-order valence-electron chi connectivity index (χ0n) is 11.8. The number of likely N-dealkylation sites (tertiary alicyclic amines) is 1. The van der Waals surface area contributed by atoms with Gasteiger partial charge in [-0.3, -0.25) is 0 Å². The number of benzene rings is 1. The molecule has 3 heteroatoms. The minimum absolute atomic E-state index is 0.726. The molecule has 104 valence electrons. The fourth-order valence-electron chi connectivity index (χ4n) is 3.04. The van der Waals surface area contributed by atoms with Crippen LogP contribution >= 0.6 is 0 Å². The first-order valence-electron chi connectivity index (χ1n) is 7.57. The monoisotopic (exact) mass is 260 g/mol. The molecule has 0 atom stereocenters. The first-order chi connectivity index (χ1) is 9.35. The van der Waals surface area contributed by atoms with E-state index in [-0.39, 0.29) is 0 Å². The van der Waals surface area contributed by atoms with Crippen LogP contribution in [0.1, 0.15) is 25.3 Å². The summed E-state index contributed by atoms with van der Waals surface area (Å²) in [6.45, 7) is 7.83. The van der Waals surface area contributed by atoms with Gasteiger partial charge in [-0.25, -0.2) is 0 Å². The van der Waals surface area contributed by atoms with E-state index in [4.69, 9.17) is 4.74 Å². The van der Waals surface area contributed by atoms with E-state index in [1.807, 2.05) is 0 Å². The maximum Gasteiger partial charge on any atom is 0.121 e. The van der Waals surface area contributed by atoms with E-state index in [1.54, 1.807) is 0 Å². The molecule has 1 saturated heterocycles. The summed E-state index contributed by atoms with van der Waals surface area (Å²) in [6, 6.07) is 6.47. The Morgan fingerprint density at radius 1 is 1.32 bits per heavy atom. The van der Waals surface area contributed by atoms with Crippen LogP contribution in [0.4, 0.5) is 5.69 Å². The Bertz CT molecular complexity index is 425. The Hall–Kier alpha value is -1.22. The number of nitrogens with zero attached hydrogens (tertiary/aromatic N) is 1. The van der Waals surface area contributed by atoms with Gasteiger partial charge >= 0.3 is 0 Å². The first-order valence-corrected chi connectivity index (χ1v) is 7.57. The van der Waals surface area contributed by atoms with Gasteiger partial charge in [0.05, 0.1) is 6.61 Å². The molecule has 1 N–H and O–H groups in total. The van der Waals surface area contributed by atoms with Crippen molar-refractivity contribution in [2.24, 2.45) is 5.92 Å². The number of ether oxygens (including phenoxy) is 1. The van der Waals surface area contributed by atoms with Crippen LogP contribution < -0.4 is 10.1 Å². The Morgan fingerprint density at radius 3 is 2.95 bits per heavy atom. The Balaban J connectivity index is 1.50. The average molecular weight is 260 g/mol. The second-order valence-electron chi connectivity index (χ2n) is 5.68. The molecule has 1 fully saturated rings. The molecule has 1 aromatic rings. The van der Waals surface area contributed by atoms with Gasteiger partial charge in [0.2, 0.25) is 0 Å². The second kappa shape index (κ2) is 5.83. The van der Waals surface area contributed by atoms with Gasteiger partial charge in [-0.2, -0.15) is 0 Å². The largest absolute Gasteiger partial charge is 0.493 e. The maximum absolute atomic E-state index is 5.98. The van der Waals surface area contributed by atoms with Crippen molar-refractivity contribution < 1.29 is 4.74 Å². The number of piperidine rings is 1. The topological polar surface area (TPSA) is 24.5 Å². The van der Waals surface area contributed by atoms with Gasteiger partial charge in [0.25, 0.3) is 0 Å². The van der Waals surface area contributed by atoms with Crippen molar-refractivity contribution in [2.45, 2.75) is 26.2 Å². The highest BCUT2D eigenvalue weighted by Crippen LogP contribution is 2.27. The molecule has 0 spiro atoms. The molecule has 3 rings (SSSR count). The van der Waals surface area contributed by atoms with Gasteiger partial charge in [-0.15, -0.1) is 0 Å². The molecule has 0 radical (unpaired) electrons. The molecule has 2 heterocycles. The predicted octanol–water partition coefficient (Wildman–Crippen LogP) is 2.77. The Kier molecular flexibility index (Phi) is 3.92. The maximum atomic E-state index is 5.98. The highest BCUT2D eigenvalue weighted by Gasteiger charge is 2.18. The van der Waals surface area contributed by atoms with Crippen LogP contribution in [-0.2, 0) is 6.42 Å². The van der Waals surface area contributed by atoms with Crippen LogP contribution in [0.3, 0.4) is 0 Å². The van der Waals surface area contributed by atoms with Crippen LogP contribution in [0.25, 0.3) is 0 Å². The fraction of sp³-hybridized carbons (Fsp3) is 0.625. The minimum atomic E-state index is 0.726. The van der Waals surface area contributed by atoms with Crippen LogP contribution in [0.15, 0.2) is 18.2 Å². The summed E-state index contributed by atoms with van der Waals surface area (Å²) in [6.07, 6.45) is 3.69. The average Bonchev–Trinajstić information content (AvgIpc) is 2.93. The number of nitrogens with one attached hydrogen (secondary N) is 1. The van der Waals surface area contributed by atoms with E-state index in [2.05, 4.69) is 35.3 Å². The molecule has 2 aliphatic rings. The third-order valence-corrected chi connectivity index (χ3v) is 4.43. The normalized spacial score (nSPS) is 20.1. The van der Waals surface area contributed by atoms with Gasteiger partial charge in [0.15, 0.2) is 0 Å². The van der Waals surface area contributed by atoms with E-state index in [9.17, 15) is 0 Å². The molecule has 1 aromatic carbocycles. The lowest BCUT2D eigenvalue weighted by atomic mass is 9.98. The Morgan fingerprint density at radius 2 is 2.16 bits per heavy atom. The minimum Gasteiger partial charge on any atom is -0.493 e. The molecule has 3 nitrogen and oxygen atoms in total. The summed E-state index contributed by atoms with van der Waals surface area (Å²) in [4.78, 5) is 2.52. The van der Waals surface area contributed by atoms with Crippen molar-refractivity contribution in [3.8, 4) is 5.75 Å². The van der Waals surface area contributed by atoms with Crippen molar-refractivity contribution in [1.29, 1.82) is 0 Å². The highest BCUT2D eigenvalue weighted by atomic mass is 16.5. The summed E-state index contributed by atoms with van der Waals surface area (Å²) < 4.78 is 5.98. The molecule has 0 saturated carbocycles. The molecule has 0 aromatic heterocycles. The lowest BCUT2D eigenvalue weighted by molar-refractivity contribution is 0.146. The van der Waals surface area contributed by atoms with E-state index in [0.29, 0.717) is 0 Å². The van der Waals surface area contributed by atoms with Gasteiger partial charge in [-0.1, -0.05) is 13.0 Å². The van der Waals surface area contributed by atoms with E-state index in [0.717, 1.165) is 31.2 Å². The molecular weight excluding hydrogens is 236 g/mol. The van der Waals surface area contributed by atoms with Crippen molar-refractivity contribution in [1.82, 2.24) is 4.90 Å². The van der Waals surface area contributed by atoms with Crippen molar-refractivity contribution in [3.05, 3.63) is 23.8 Å². The summed E-state index contributed by atoms with van der Waals surface area (Å²) >= 11 is 0. The standard InChI is InChI=1S/C16H24N2O/c1-2-18-9-6-13(7-10-18)12-19-15-4-3-14-5-8-17-16(14)11-15/h3-4,11,13,17H,2,5-10,12H2,1H3. The zero-order valence-corrected chi connectivity index (χ0v) is 11.8. The quantitative estimate of drug-likeness (QED) is 0.901. The molecule has 0 bridgehead atoms. The van der Waals surface area contributed by atoms with Crippen LogP contribution in [0.5, 0.6) is 5.75 Å². The second-order valence-corrected chi connectivity index (χ2v) is 5.68. The van der Waals surface area contributed by atoms with Crippen molar-refractivity contribution >= 4 is 5.69 Å². The molecular formula is C16H24N2O. The van der Waals surface area contributed by atoms with E-state index >= 15 is 0 Å². The lowest BCUT2D eigenvalue weighted by Crippen LogP contribution is -2.35. The third-order valence-electron chi connectivity index (χ3n) is 4.43. The van der Waals surface area contributed by atoms with E-state index < -0.39 is 0 Å². The molecule has 0 unspecified atom stereocenters. The smallest absolute Gasteiger partial charge is 0.121 e. The number of hydrogen-bond donors (Lipinski definition) is 1. The number of rotatable bonds is 4. The van der Waals surface area contributed by atoms with Crippen LogP contribution in [0, 0.1) is 5.92 Å². The first kappa shape index (κ1) is 12.8.